The van der Waals surface area contributed by atoms with Crippen molar-refractivity contribution >= 4 is 34.5 Å². The van der Waals surface area contributed by atoms with E-state index in [2.05, 4.69) is 65.1 Å². The lowest BCUT2D eigenvalue weighted by atomic mass is 9.92. The van der Waals surface area contributed by atoms with E-state index in [-0.39, 0.29) is 17.4 Å². The minimum absolute atomic E-state index is 0.0770. The van der Waals surface area contributed by atoms with Crippen molar-refractivity contribution in [1.29, 1.82) is 0 Å². The molecule has 0 saturated carbocycles. The van der Waals surface area contributed by atoms with Gasteiger partial charge in [-0.05, 0) is 34.9 Å². The SMILES string of the molecule is CC(C)(C)c1cc(NC(=O)CN2CCc3sccc3C2c2cccs2)on1. The summed E-state index contributed by atoms with van der Waals surface area (Å²) in [6.07, 6.45) is 0.985. The smallest absolute Gasteiger partial charge is 0.240 e. The highest BCUT2D eigenvalue weighted by Crippen LogP contribution is 2.39. The summed E-state index contributed by atoms with van der Waals surface area (Å²) in [5, 5.41) is 11.2. The van der Waals surface area contributed by atoms with Crippen LogP contribution in [0.1, 0.15) is 47.8 Å². The van der Waals surface area contributed by atoms with E-state index in [0.29, 0.717) is 12.4 Å². The maximum absolute atomic E-state index is 12.7. The second-order valence-electron chi connectivity index (χ2n) is 7.81. The van der Waals surface area contributed by atoms with Crippen molar-refractivity contribution in [2.45, 2.75) is 38.6 Å². The number of anilines is 1. The number of carbonyl (C=O) groups is 1. The molecule has 0 aromatic carbocycles. The molecule has 3 aromatic rings. The largest absolute Gasteiger partial charge is 0.338 e. The summed E-state index contributed by atoms with van der Waals surface area (Å²) >= 11 is 3.55. The van der Waals surface area contributed by atoms with Crippen LogP contribution in [0.2, 0.25) is 0 Å². The van der Waals surface area contributed by atoms with Gasteiger partial charge in [-0.2, -0.15) is 0 Å². The zero-order valence-corrected chi connectivity index (χ0v) is 17.3. The summed E-state index contributed by atoms with van der Waals surface area (Å²) in [5.74, 6) is 0.331. The van der Waals surface area contributed by atoms with Crippen LogP contribution in [0, 0.1) is 0 Å². The lowest BCUT2D eigenvalue weighted by Gasteiger charge is -2.34. The first-order chi connectivity index (χ1) is 12.9. The molecular formula is C20H23N3O2S2. The highest BCUT2D eigenvalue weighted by atomic mass is 32.1. The van der Waals surface area contributed by atoms with Gasteiger partial charge in [0.15, 0.2) is 0 Å². The summed E-state index contributed by atoms with van der Waals surface area (Å²) in [6.45, 7) is 7.38. The van der Waals surface area contributed by atoms with E-state index in [1.165, 1.54) is 15.3 Å². The number of amides is 1. The van der Waals surface area contributed by atoms with E-state index < -0.39 is 0 Å². The maximum Gasteiger partial charge on any atom is 0.240 e. The summed E-state index contributed by atoms with van der Waals surface area (Å²) < 4.78 is 5.30. The van der Waals surface area contributed by atoms with E-state index in [4.69, 9.17) is 4.52 Å². The van der Waals surface area contributed by atoms with Crippen molar-refractivity contribution in [2.75, 3.05) is 18.4 Å². The minimum atomic E-state index is -0.112. The molecule has 1 amide bonds. The fourth-order valence-electron chi connectivity index (χ4n) is 3.37. The standard InChI is InChI=1S/C20H23N3O2S2/c1-20(2,3)16-11-18(25-22-16)21-17(24)12-23-8-6-14-13(7-10-27-14)19(23)15-5-4-9-26-15/h4-5,7,9-11,19H,6,8,12H2,1-3H3,(H,21,24). The molecule has 1 atom stereocenters. The number of rotatable bonds is 4. The molecule has 0 spiro atoms. The Kier molecular flexibility index (Phi) is 4.92. The highest BCUT2D eigenvalue weighted by molar-refractivity contribution is 7.10. The van der Waals surface area contributed by atoms with Gasteiger partial charge in [0.1, 0.15) is 0 Å². The van der Waals surface area contributed by atoms with Crippen LogP contribution in [0.4, 0.5) is 5.88 Å². The van der Waals surface area contributed by atoms with Crippen LogP contribution < -0.4 is 5.32 Å². The molecule has 1 N–H and O–H groups in total. The molecule has 0 bridgehead atoms. The monoisotopic (exact) mass is 401 g/mol. The van der Waals surface area contributed by atoms with Crippen LogP contribution in [-0.2, 0) is 16.6 Å². The summed E-state index contributed by atoms with van der Waals surface area (Å²) in [5.41, 5.74) is 2.05. The Hall–Kier alpha value is -1.96. The number of fused-ring (bicyclic) bond motifs is 1. The van der Waals surface area contributed by atoms with Gasteiger partial charge in [-0.3, -0.25) is 15.0 Å². The van der Waals surface area contributed by atoms with E-state index >= 15 is 0 Å². The van der Waals surface area contributed by atoms with Crippen LogP contribution in [0.15, 0.2) is 39.5 Å². The van der Waals surface area contributed by atoms with Gasteiger partial charge in [-0.1, -0.05) is 32.0 Å². The molecule has 0 aliphatic carbocycles. The average molecular weight is 402 g/mol. The highest BCUT2D eigenvalue weighted by Gasteiger charge is 2.31. The van der Waals surface area contributed by atoms with E-state index in [0.717, 1.165) is 18.7 Å². The summed E-state index contributed by atoms with van der Waals surface area (Å²) in [6, 6.07) is 8.37. The number of aromatic nitrogens is 1. The van der Waals surface area contributed by atoms with Crippen molar-refractivity contribution in [3.05, 3.63) is 56.0 Å². The Morgan fingerprint density at radius 3 is 2.89 bits per heavy atom. The summed E-state index contributed by atoms with van der Waals surface area (Å²) in [4.78, 5) is 17.6. The molecule has 0 saturated heterocycles. The van der Waals surface area contributed by atoms with E-state index in [1.54, 1.807) is 11.3 Å². The first kappa shape index (κ1) is 18.4. The van der Waals surface area contributed by atoms with Crippen LogP contribution in [0.25, 0.3) is 0 Å². The van der Waals surface area contributed by atoms with Gasteiger partial charge in [-0.25, -0.2) is 0 Å². The Morgan fingerprint density at radius 1 is 1.33 bits per heavy atom. The Bertz CT molecular complexity index is 921. The molecule has 1 aliphatic heterocycles. The van der Waals surface area contributed by atoms with Crippen LogP contribution in [0.3, 0.4) is 0 Å². The fourth-order valence-corrected chi connectivity index (χ4v) is 5.15. The lowest BCUT2D eigenvalue weighted by molar-refractivity contribution is -0.117. The second-order valence-corrected chi connectivity index (χ2v) is 9.79. The topological polar surface area (TPSA) is 58.4 Å². The molecule has 4 rings (SSSR count). The molecule has 3 aromatic heterocycles. The predicted molar refractivity (Wildman–Crippen MR) is 110 cm³/mol. The molecule has 4 heterocycles. The molecule has 1 unspecified atom stereocenters. The molecule has 27 heavy (non-hydrogen) atoms. The van der Waals surface area contributed by atoms with Crippen molar-refractivity contribution in [1.82, 2.24) is 10.1 Å². The zero-order chi connectivity index (χ0) is 19.0. The normalized spacial score (nSPS) is 17.7. The first-order valence-electron chi connectivity index (χ1n) is 9.02. The Labute approximate surface area is 167 Å². The van der Waals surface area contributed by atoms with Crippen molar-refractivity contribution in [3.63, 3.8) is 0 Å². The Morgan fingerprint density at radius 2 is 2.19 bits per heavy atom. The van der Waals surface area contributed by atoms with Crippen molar-refractivity contribution in [3.8, 4) is 0 Å². The van der Waals surface area contributed by atoms with Crippen LogP contribution in [-0.4, -0.2) is 29.1 Å². The van der Waals surface area contributed by atoms with Gasteiger partial charge in [0.2, 0.25) is 11.8 Å². The van der Waals surface area contributed by atoms with Gasteiger partial charge in [0.05, 0.1) is 18.3 Å². The molecule has 1 aliphatic rings. The van der Waals surface area contributed by atoms with Crippen LogP contribution in [0.5, 0.6) is 0 Å². The maximum atomic E-state index is 12.7. The number of nitrogens with zero attached hydrogens (tertiary/aromatic N) is 2. The molecule has 0 fully saturated rings. The third-order valence-electron chi connectivity index (χ3n) is 4.77. The molecule has 0 radical (unpaired) electrons. The number of hydrogen-bond donors (Lipinski definition) is 1. The van der Waals surface area contributed by atoms with Gasteiger partial charge < -0.3 is 4.52 Å². The van der Waals surface area contributed by atoms with E-state index in [1.807, 2.05) is 17.4 Å². The summed E-state index contributed by atoms with van der Waals surface area (Å²) in [7, 11) is 0. The van der Waals surface area contributed by atoms with Gasteiger partial charge in [0.25, 0.3) is 0 Å². The zero-order valence-electron chi connectivity index (χ0n) is 15.7. The molecule has 7 heteroatoms. The third kappa shape index (κ3) is 3.85. The second kappa shape index (κ2) is 7.22. The number of thiophene rings is 2. The molecular weight excluding hydrogens is 378 g/mol. The average Bonchev–Trinajstić information content (AvgIpc) is 3.35. The van der Waals surface area contributed by atoms with Crippen molar-refractivity contribution < 1.29 is 9.32 Å². The number of hydrogen-bond acceptors (Lipinski definition) is 6. The van der Waals surface area contributed by atoms with E-state index in [9.17, 15) is 4.79 Å². The molecule has 5 nitrogen and oxygen atoms in total. The third-order valence-corrected chi connectivity index (χ3v) is 6.69. The predicted octanol–water partition coefficient (Wildman–Crippen LogP) is 4.68. The number of carbonyl (C=O) groups excluding carboxylic acids is 1. The Balaban J connectivity index is 1.49. The molecule has 142 valence electrons. The van der Waals surface area contributed by atoms with Gasteiger partial charge >= 0.3 is 0 Å². The minimum Gasteiger partial charge on any atom is -0.338 e. The lowest BCUT2D eigenvalue weighted by Crippen LogP contribution is -2.40. The van der Waals surface area contributed by atoms with Gasteiger partial charge in [0, 0.05) is 27.8 Å². The first-order valence-corrected chi connectivity index (χ1v) is 10.8. The van der Waals surface area contributed by atoms with Gasteiger partial charge in [-0.15, -0.1) is 22.7 Å². The van der Waals surface area contributed by atoms with Crippen molar-refractivity contribution in [2.24, 2.45) is 0 Å². The quantitative estimate of drug-likeness (QED) is 0.689. The number of nitrogens with one attached hydrogen (secondary N) is 1. The fraction of sp³-hybridized carbons (Fsp3) is 0.400. The van der Waals surface area contributed by atoms with Crippen LogP contribution >= 0.6 is 22.7 Å².